The molecule has 1 amide bonds. The van der Waals surface area contributed by atoms with Crippen LogP contribution in [0.2, 0.25) is 0 Å². The van der Waals surface area contributed by atoms with Crippen LogP contribution < -0.4 is 16.6 Å². The van der Waals surface area contributed by atoms with E-state index < -0.39 is 5.69 Å². The molecule has 0 atom stereocenters. The normalized spacial score (nSPS) is 12.5. The largest absolute Gasteiger partial charge is 0.347 e. The van der Waals surface area contributed by atoms with E-state index in [0.29, 0.717) is 33.0 Å². The van der Waals surface area contributed by atoms with Crippen LogP contribution in [-0.2, 0) is 23.6 Å². The number of aromatic nitrogens is 2. The number of rotatable bonds is 5. The first-order valence-corrected chi connectivity index (χ1v) is 11.1. The van der Waals surface area contributed by atoms with Gasteiger partial charge >= 0.3 is 5.69 Å². The van der Waals surface area contributed by atoms with Gasteiger partial charge in [-0.2, -0.15) is 5.26 Å². The highest BCUT2D eigenvalue weighted by Crippen LogP contribution is 2.27. The van der Waals surface area contributed by atoms with Gasteiger partial charge in [-0.3, -0.25) is 18.7 Å². The van der Waals surface area contributed by atoms with E-state index in [2.05, 4.69) is 5.32 Å². The molecule has 1 N–H and O–H groups in total. The summed E-state index contributed by atoms with van der Waals surface area (Å²) >= 11 is 1.25. The third-order valence-corrected chi connectivity index (χ3v) is 6.37. The molecule has 0 saturated heterocycles. The van der Waals surface area contributed by atoms with Crippen molar-refractivity contribution in [1.29, 1.82) is 5.26 Å². The molecule has 0 fully saturated rings. The van der Waals surface area contributed by atoms with Gasteiger partial charge in [0.1, 0.15) is 5.82 Å². The molecule has 33 heavy (non-hydrogen) atoms. The fraction of sp³-hybridized carbons (Fsp3) is 0.167. The van der Waals surface area contributed by atoms with E-state index in [0.717, 1.165) is 10.1 Å². The number of nitriles is 1. The quantitative estimate of drug-likeness (QED) is 0.629. The maximum Gasteiger partial charge on any atom is 0.335 e. The fourth-order valence-electron chi connectivity index (χ4n) is 3.45. The highest BCUT2D eigenvalue weighted by molar-refractivity contribution is 8.03. The molecule has 1 aliphatic heterocycles. The topological polar surface area (TPSA) is 96.9 Å². The Kier molecular flexibility index (Phi) is 6.29. The Morgan fingerprint density at radius 2 is 1.79 bits per heavy atom. The molecule has 0 bridgehead atoms. The van der Waals surface area contributed by atoms with E-state index in [1.807, 2.05) is 6.07 Å². The number of halogens is 1. The summed E-state index contributed by atoms with van der Waals surface area (Å²) in [6, 6.07) is 14.5. The first-order valence-electron chi connectivity index (χ1n) is 10.1. The van der Waals surface area contributed by atoms with Gasteiger partial charge in [0.15, 0.2) is 0 Å². The summed E-state index contributed by atoms with van der Waals surface area (Å²) in [5.74, 6) is -0.400. The minimum Gasteiger partial charge on any atom is -0.347 e. The molecule has 7 nitrogen and oxygen atoms in total. The monoisotopic (exact) mass is 462 g/mol. The van der Waals surface area contributed by atoms with Crippen molar-refractivity contribution in [2.24, 2.45) is 0 Å². The molecule has 0 spiro atoms. The van der Waals surface area contributed by atoms with Crippen LogP contribution in [0.5, 0.6) is 0 Å². The van der Waals surface area contributed by atoms with E-state index in [4.69, 9.17) is 5.26 Å². The molecule has 166 valence electrons. The van der Waals surface area contributed by atoms with Gasteiger partial charge in [0.25, 0.3) is 11.5 Å². The number of carbonyl (C=O) groups is 1. The lowest BCUT2D eigenvalue weighted by molar-refractivity contribution is -0.116. The number of thioether (sulfide) groups is 1. The zero-order valence-corrected chi connectivity index (χ0v) is 18.5. The summed E-state index contributed by atoms with van der Waals surface area (Å²) in [4.78, 5) is 39.0. The SMILES string of the molecule is Cc1c2n(c(=O)n(Cc3ccc(C#N)cc3)c1=O)C=C(C(=O)NCc1ccc(F)cc1)SC2. The van der Waals surface area contributed by atoms with Crippen molar-refractivity contribution in [2.45, 2.75) is 25.8 Å². The third-order valence-electron chi connectivity index (χ3n) is 5.35. The Bertz CT molecular complexity index is 1410. The van der Waals surface area contributed by atoms with E-state index in [9.17, 15) is 18.8 Å². The number of nitrogens with zero attached hydrogens (tertiary/aromatic N) is 3. The van der Waals surface area contributed by atoms with Crippen LogP contribution in [0, 0.1) is 24.1 Å². The molecule has 4 rings (SSSR count). The van der Waals surface area contributed by atoms with Crippen LogP contribution >= 0.6 is 11.8 Å². The van der Waals surface area contributed by atoms with Crippen molar-refractivity contribution >= 4 is 23.9 Å². The summed E-state index contributed by atoms with van der Waals surface area (Å²) in [6.07, 6.45) is 1.45. The Hall–Kier alpha value is -3.90. The third kappa shape index (κ3) is 4.66. The Morgan fingerprint density at radius 3 is 2.45 bits per heavy atom. The van der Waals surface area contributed by atoms with E-state index in [1.54, 1.807) is 43.3 Å². The minimum atomic E-state index is -0.533. The van der Waals surface area contributed by atoms with E-state index >= 15 is 0 Å². The number of fused-ring (bicyclic) bond motifs is 1. The lowest BCUT2D eigenvalue weighted by Crippen LogP contribution is -2.42. The molecule has 1 aliphatic rings. The van der Waals surface area contributed by atoms with Gasteiger partial charge in [0, 0.05) is 29.8 Å². The van der Waals surface area contributed by atoms with Crippen LogP contribution in [0.3, 0.4) is 0 Å². The van der Waals surface area contributed by atoms with Gasteiger partial charge in [0.05, 0.1) is 23.1 Å². The molecule has 3 aromatic rings. The molecule has 0 saturated carbocycles. The summed E-state index contributed by atoms with van der Waals surface area (Å²) in [5, 5.41) is 11.7. The van der Waals surface area contributed by atoms with Gasteiger partial charge in [-0.1, -0.05) is 24.3 Å². The number of hydrogen-bond donors (Lipinski definition) is 1. The average molecular weight is 463 g/mol. The number of carbonyl (C=O) groups excluding carboxylic acids is 1. The van der Waals surface area contributed by atoms with Crippen LogP contribution in [0.15, 0.2) is 63.0 Å². The van der Waals surface area contributed by atoms with Crippen molar-refractivity contribution in [3.63, 3.8) is 0 Å². The van der Waals surface area contributed by atoms with Crippen molar-refractivity contribution < 1.29 is 9.18 Å². The van der Waals surface area contributed by atoms with Crippen LogP contribution in [0.4, 0.5) is 4.39 Å². The highest BCUT2D eigenvalue weighted by atomic mass is 32.2. The van der Waals surface area contributed by atoms with Gasteiger partial charge in [-0.25, -0.2) is 9.18 Å². The number of hydrogen-bond acceptors (Lipinski definition) is 5. The lowest BCUT2D eigenvalue weighted by atomic mass is 10.1. The summed E-state index contributed by atoms with van der Waals surface area (Å²) in [7, 11) is 0. The number of amides is 1. The van der Waals surface area contributed by atoms with Gasteiger partial charge in [0.2, 0.25) is 0 Å². The van der Waals surface area contributed by atoms with Crippen molar-refractivity contribution in [3.8, 4) is 6.07 Å². The lowest BCUT2D eigenvalue weighted by Gasteiger charge is -2.20. The van der Waals surface area contributed by atoms with Crippen LogP contribution in [0.25, 0.3) is 6.20 Å². The van der Waals surface area contributed by atoms with Crippen LogP contribution in [0.1, 0.15) is 27.9 Å². The molecule has 0 radical (unpaired) electrons. The van der Waals surface area contributed by atoms with E-state index in [1.165, 1.54) is 34.7 Å². The predicted molar refractivity (Wildman–Crippen MR) is 124 cm³/mol. The molecule has 1 aromatic heterocycles. The van der Waals surface area contributed by atoms with Crippen LogP contribution in [-0.4, -0.2) is 15.0 Å². The second-order valence-electron chi connectivity index (χ2n) is 7.52. The summed E-state index contributed by atoms with van der Waals surface area (Å²) < 4.78 is 15.5. The number of benzene rings is 2. The first kappa shape index (κ1) is 22.3. The minimum absolute atomic E-state index is 0.0531. The van der Waals surface area contributed by atoms with Crippen molar-refractivity contribution in [1.82, 2.24) is 14.5 Å². The summed E-state index contributed by atoms with van der Waals surface area (Å²) in [5.41, 5.74) is 2.03. The predicted octanol–water partition coefficient (Wildman–Crippen LogP) is 2.74. The zero-order valence-electron chi connectivity index (χ0n) is 17.7. The second kappa shape index (κ2) is 9.30. The Morgan fingerprint density at radius 1 is 1.12 bits per heavy atom. The molecule has 2 aromatic carbocycles. The van der Waals surface area contributed by atoms with E-state index in [-0.39, 0.29) is 30.4 Å². The highest BCUT2D eigenvalue weighted by Gasteiger charge is 2.23. The van der Waals surface area contributed by atoms with Gasteiger partial charge in [-0.05, 0) is 42.3 Å². The number of nitrogens with one attached hydrogen (secondary N) is 1. The zero-order chi connectivity index (χ0) is 23.5. The maximum absolute atomic E-state index is 13.1. The van der Waals surface area contributed by atoms with Crippen molar-refractivity contribution in [3.05, 3.63) is 108 Å². The van der Waals surface area contributed by atoms with Crippen molar-refractivity contribution in [2.75, 3.05) is 0 Å². The van der Waals surface area contributed by atoms with Gasteiger partial charge < -0.3 is 5.32 Å². The molecular weight excluding hydrogens is 443 g/mol. The van der Waals surface area contributed by atoms with Gasteiger partial charge in [-0.15, -0.1) is 11.8 Å². The maximum atomic E-state index is 13.1. The molecule has 0 unspecified atom stereocenters. The standard InChI is InChI=1S/C24H19FN4O3S/c1-15-20-14-33-21(22(30)27-11-17-6-8-19(25)9-7-17)13-28(20)24(32)29(23(15)31)12-18-4-2-16(10-26)3-5-18/h2-9,13H,11-12,14H2,1H3,(H,27,30). The first-order chi connectivity index (χ1) is 15.9. The summed E-state index contributed by atoms with van der Waals surface area (Å²) in [6.45, 7) is 1.93. The molecule has 2 heterocycles. The molecule has 0 aliphatic carbocycles. The molecular formula is C24H19FN4O3S. The Labute approximate surface area is 192 Å². The fourth-order valence-corrected chi connectivity index (χ4v) is 4.48. The Balaban J connectivity index is 1.62. The molecule has 9 heteroatoms. The second-order valence-corrected chi connectivity index (χ2v) is 8.53. The average Bonchev–Trinajstić information content (AvgIpc) is 2.84. The smallest absolute Gasteiger partial charge is 0.335 e.